The Morgan fingerprint density at radius 1 is 0.667 bits per heavy atom. The highest BCUT2D eigenvalue weighted by molar-refractivity contribution is 6.09. The van der Waals surface area contributed by atoms with Crippen LogP contribution in [0.3, 0.4) is 0 Å². The van der Waals surface area contributed by atoms with Gasteiger partial charge in [-0.05, 0) is 75.1 Å². The SMILES string of the molecule is C=CC(=C)Oc1ccc(-c2ccc(C(=O)OC3COc4ccc5ccccc5c4-c4c(ccc5ccccc45)OC3)cc2)cc1. The van der Waals surface area contributed by atoms with Crippen molar-refractivity contribution in [3.8, 4) is 39.5 Å². The van der Waals surface area contributed by atoms with Crippen LogP contribution in [0.4, 0.5) is 0 Å². The van der Waals surface area contributed by atoms with E-state index < -0.39 is 12.1 Å². The maximum atomic E-state index is 13.3. The number of carbonyl (C=O) groups is 1. The molecule has 0 saturated heterocycles. The second-order valence-electron chi connectivity index (χ2n) is 10.8. The quantitative estimate of drug-likeness (QED) is 0.110. The van der Waals surface area contributed by atoms with Gasteiger partial charge in [-0.2, -0.15) is 0 Å². The first-order valence-corrected chi connectivity index (χ1v) is 14.8. The highest BCUT2D eigenvalue weighted by atomic mass is 16.6. The predicted octanol–water partition coefficient (Wildman–Crippen LogP) is 9.40. The van der Waals surface area contributed by atoms with Crippen LogP contribution in [-0.4, -0.2) is 25.3 Å². The van der Waals surface area contributed by atoms with Gasteiger partial charge in [0.25, 0.3) is 0 Å². The van der Waals surface area contributed by atoms with Crippen molar-refractivity contribution in [2.24, 2.45) is 0 Å². The lowest BCUT2D eigenvalue weighted by Gasteiger charge is -2.18. The van der Waals surface area contributed by atoms with Crippen LogP contribution >= 0.6 is 0 Å². The van der Waals surface area contributed by atoms with Gasteiger partial charge < -0.3 is 18.9 Å². The molecule has 0 atom stereocenters. The predicted molar refractivity (Wildman–Crippen MR) is 179 cm³/mol. The lowest BCUT2D eigenvalue weighted by molar-refractivity contribution is 0.00320. The van der Waals surface area contributed by atoms with Gasteiger partial charge in [-0.3, -0.25) is 0 Å². The molecule has 5 heteroatoms. The summed E-state index contributed by atoms with van der Waals surface area (Å²) in [5.74, 6) is 2.15. The average molecular weight is 591 g/mol. The van der Waals surface area contributed by atoms with Crippen LogP contribution < -0.4 is 14.2 Å². The van der Waals surface area contributed by atoms with Gasteiger partial charge in [-0.15, -0.1) is 0 Å². The lowest BCUT2D eigenvalue weighted by Crippen LogP contribution is -2.31. The molecule has 1 aliphatic heterocycles. The molecule has 6 aromatic rings. The van der Waals surface area contributed by atoms with Crippen molar-refractivity contribution in [2.75, 3.05) is 13.2 Å². The number of hydrogen-bond acceptors (Lipinski definition) is 5. The summed E-state index contributed by atoms with van der Waals surface area (Å²) in [6.07, 6.45) is 0.926. The summed E-state index contributed by atoms with van der Waals surface area (Å²) < 4.78 is 24.4. The Morgan fingerprint density at radius 2 is 1.18 bits per heavy atom. The largest absolute Gasteiger partial charge is 0.489 e. The molecular weight excluding hydrogens is 560 g/mol. The van der Waals surface area contributed by atoms with E-state index in [0.29, 0.717) is 28.6 Å². The van der Waals surface area contributed by atoms with Gasteiger partial charge in [0.05, 0.1) is 5.56 Å². The minimum Gasteiger partial charge on any atom is -0.489 e. The van der Waals surface area contributed by atoms with Crippen LogP contribution in [0.2, 0.25) is 0 Å². The van der Waals surface area contributed by atoms with Crippen LogP contribution in [0, 0.1) is 0 Å². The number of esters is 1. The van der Waals surface area contributed by atoms with E-state index >= 15 is 0 Å². The van der Waals surface area contributed by atoms with Crippen LogP contribution in [0.1, 0.15) is 10.4 Å². The molecule has 0 amide bonds. The summed E-state index contributed by atoms with van der Waals surface area (Å²) in [6, 6.07) is 39.5. The molecule has 0 N–H and O–H groups in total. The first-order chi connectivity index (χ1) is 22.1. The third kappa shape index (κ3) is 5.64. The smallest absolute Gasteiger partial charge is 0.338 e. The molecule has 5 nitrogen and oxygen atoms in total. The van der Waals surface area contributed by atoms with E-state index in [1.54, 1.807) is 18.2 Å². The number of benzene rings is 6. The molecule has 45 heavy (non-hydrogen) atoms. The topological polar surface area (TPSA) is 54.0 Å². The second-order valence-corrected chi connectivity index (χ2v) is 10.8. The van der Waals surface area contributed by atoms with Gasteiger partial charge in [0.15, 0.2) is 6.10 Å². The van der Waals surface area contributed by atoms with E-state index in [2.05, 4.69) is 49.6 Å². The Hall–Kier alpha value is -5.81. The molecule has 0 fully saturated rings. The van der Waals surface area contributed by atoms with Gasteiger partial charge in [-0.25, -0.2) is 4.79 Å². The van der Waals surface area contributed by atoms with Crippen molar-refractivity contribution in [2.45, 2.75) is 6.10 Å². The molecule has 0 spiro atoms. The minimum atomic E-state index is -0.633. The van der Waals surface area contributed by atoms with Crippen molar-refractivity contribution in [3.05, 3.63) is 152 Å². The first kappa shape index (κ1) is 28.0. The zero-order valence-electron chi connectivity index (χ0n) is 24.6. The number of carbonyl (C=O) groups excluding carboxylic acids is 1. The molecule has 6 aromatic carbocycles. The highest BCUT2D eigenvalue weighted by Crippen LogP contribution is 2.46. The van der Waals surface area contributed by atoms with Crippen molar-refractivity contribution < 1.29 is 23.7 Å². The molecule has 0 unspecified atom stereocenters. The van der Waals surface area contributed by atoms with Gasteiger partial charge in [0.2, 0.25) is 0 Å². The Labute approximate surface area is 261 Å². The third-order valence-electron chi connectivity index (χ3n) is 7.94. The molecule has 220 valence electrons. The van der Waals surface area contributed by atoms with Crippen LogP contribution in [0.25, 0.3) is 43.8 Å². The summed E-state index contributed by atoms with van der Waals surface area (Å²) in [5.41, 5.74) is 4.32. The lowest BCUT2D eigenvalue weighted by atomic mass is 9.92. The monoisotopic (exact) mass is 590 g/mol. The van der Waals surface area contributed by atoms with E-state index in [1.165, 1.54) is 0 Å². The molecule has 1 heterocycles. The summed E-state index contributed by atoms with van der Waals surface area (Å²) in [5, 5.41) is 4.34. The Balaban J connectivity index is 1.14. The fourth-order valence-electron chi connectivity index (χ4n) is 5.67. The summed E-state index contributed by atoms with van der Waals surface area (Å²) >= 11 is 0. The van der Waals surface area contributed by atoms with Crippen LogP contribution in [-0.2, 0) is 4.74 Å². The van der Waals surface area contributed by atoms with E-state index in [0.717, 1.165) is 43.8 Å². The molecule has 1 aliphatic rings. The molecule has 0 aliphatic carbocycles. The normalized spacial score (nSPS) is 12.8. The molecule has 0 radical (unpaired) electrons. The second kappa shape index (κ2) is 12.1. The minimum absolute atomic E-state index is 0.147. The molecule has 0 aromatic heterocycles. The molecule has 0 saturated carbocycles. The number of rotatable bonds is 6. The Bertz CT molecular complexity index is 1970. The maximum Gasteiger partial charge on any atom is 0.338 e. The van der Waals surface area contributed by atoms with E-state index in [-0.39, 0.29) is 13.2 Å². The van der Waals surface area contributed by atoms with Crippen molar-refractivity contribution in [1.82, 2.24) is 0 Å². The summed E-state index contributed by atoms with van der Waals surface area (Å²) in [4.78, 5) is 13.3. The third-order valence-corrected chi connectivity index (χ3v) is 7.94. The average Bonchev–Trinajstić information content (AvgIpc) is 3.16. The van der Waals surface area contributed by atoms with E-state index in [9.17, 15) is 4.79 Å². The number of allylic oxidation sites excluding steroid dienone is 1. The van der Waals surface area contributed by atoms with Gasteiger partial charge in [-0.1, -0.05) is 98.1 Å². The fraction of sp³-hybridized carbons (Fsp3) is 0.0750. The maximum absolute atomic E-state index is 13.3. The van der Waals surface area contributed by atoms with Crippen LogP contribution in [0.15, 0.2) is 146 Å². The highest BCUT2D eigenvalue weighted by Gasteiger charge is 2.25. The Kier molecular flexibility index (Phi) is 7.50. The molecular formula is C40H30O5. The summed E-state index contributed by atoms with van der Waals surface area (Å²) in [6.45, 7) is 7.72. The zero-order chi connectivity index (χ0) is 30.8. The van der Waals surface area contributed by atoms with E-state index in [4.69, 9.17) is 18.9 Å². The van der Waals surface area contributed by atoms with Gasteiger partial charge in [0.1, 0.15) is 36.2 Å². The number of ether oxygens (including phenoxy) is 4. The van der Waals surface area contributed by atoms with Crippen molar-refractivity contribution >= 4 is 27.5 Å². The number of fused-ring (bicyclic) bond motifs is 7. The van der Waals surface area contributed by atoms with Crippen LogP contribution in [0.5, 0.6) is 17.2 Å². The van der Waals surface area contributed by atoms with Gasteiger partial charge >= 0.3 is 5.97 Å². The summed E-state index contributed by atoms with van der Waals surface area (Å²) in [7, 11) is 0. The molecule has 7 rings (SSSR count). The first-order valence-electron chi connectivity index (χ1n) is 14.8. The standard InChI is InChI=1S/C40H30O5/c1-3-26(2)44-32-20-16-28(17-21-32)27-12-14-31(15-13-27)40(41)45-33-24-42-36-22-18-29-8-4-6-10-34(29)38(36)39-35-11-7-5-9-30(35)19-23-37(39)43-25-33/h3-23,33H,1-2,24-25H2. The zero-order valence-corrected chi connectivity index (χ0v) is 24.6. The number of hydrogen-bond donors (Lipinski definition) is 0. The van der Waals surface area contributed by atoms with Gasteiger partial charge in [0, 0.05) is 11.1 Å². The van der Waals surface area contributed by atoms with E-state index in [1.807, 2.05) is 72.8 Å². The fourth-order valence-corrected chi connectivity index (χ4v) is 5.67. The van der Waals surface area contributed by atoms with Crippen molar-refractivity contribution in [3.63, 3.8) is 0 Å². The van der Waals surface area contributed by atoms with Crippen molar-refractivity contribution in [1.29, 1.82) is 0 Å². The Morgan fingerprint density at radius 3 is 1.71 bits per heavy atom. The molecule has 0 bridgehead atoms.